The number of hydrogen-bond acceptors (Lipinski definition) is 3. The van der Waals surface area contributed by atoms with Crippen LogP contribution in [0.5, 0.6) is 0 Å². The van der Waals surface area contributed by atoms with Gasteiger partial charge in [0.1, 0.15) is 0 Å². The molecule has 100 valence electrons. The molecule has 0 saturated heterocycles. The molecule has 0 fully saturated rings. The molecule has 0 amide bonds. The standard InChI is InChI=1S/C13H21BrN2OSi/c1-12(2,3)18(4,5)17-7-6-13(10-15)8-11(14)9-16-13/h8-9H,6-7H2,1-5H3. The van der Waals surface area contributed by atoms with E-state index in [1.807, 2.05) is 6.08 Å². The minimum absolute atomic E-state index is 0.197. The fourth-order valence-corrected chi connectivity index (χ4v) is 2.94. The average Bonchev–Trinajstić information content (AvgIpc) is 2.59. The van der Waals surface area contributed by atoms with Crippen molar-refractivity contribution < 1.29 is 4.43 Å². The zero-order valence-corrected chi connectivity index (χ0v) is 14.3. The molecule has 1 aliphatic rings. The van der Waals surface area contributed by atoms with Gasteiger partial charge in [0.05, 0.1) is 6.07 Å². The highest BCUT2D eigenvalue weighted by Crippen LogP contribution is 2.37. The van der Waals surface area contributed by atoms with E-state index in [1.165, 1.54) is 0 Å². The van der Waals surface area contributed by atoms with E-state index in [2.05, 4.69) is 60.9 Å². The number of halogens is 1. The summed E-state index contributed by atoms with van der Waals surface area (Å²) >= 11 is 3.35. The second-order valence-corrected chi connectivity index (χ2v) is 11.9. The summed E-state index contributed by atoms with van der Waals surface area (Å²) in [6.45, 7) is 11.7. The molecule has 1 rings (SSSR count). The van der Waals surface area contributed by atoms with Crippen molar-refractivity contribution in [1.82, 2.24) is 0 Å². The van der Waals surface area contributed by atoms with Gasteiger partial charge in [0.2, 0.25) is 0 Å². The summed E-state index contributed by atoms with van der Waals surface area (Å²) in [6.07, 6.45) is 4.15. The van der Waals surface area contributed by atoms with E-state index < -0.39 is 13.9 Å². The quantitative estimate of drug-likeness (QED) is 0.731. The van der Waals surface area contributed by atoms with Crippen molar-refractivity contribution in [2.45, 2.75) is 50.9 Å². The molecule has 1 atom stereocenters. The van der Waals surface area contributed by atoms with Gasteiger partial charge >= 0.3 is 0 Å². The fourth-order valence-electron chi connectivity index (χ4n) is 1.41. The summed E-state index contributed by atoms with van der Waals surface area (Å²) in [6, 6.07) is 2.26. The Morgan fingerprint density at radius 3 is 2.50 bits per heavy atom. The van der Waals surface area contributed by atoms with Crippen LogP contribution in [-0.2, 0) is 4.43 Å². The molecule has 18 heavy (non-hydrogen) atoms. The highest BCUT2D eigenvalue weighted by molar-refractivity contribution is 9.12. The van der Waals surface area contributed by atoms with Gasteiger partial charge in [0.15, 0.2) is 13.9 Å². The van der Waals surface area contributed by atoms with E-state index >= 15 is 0 Å². The maximum Gasteiger partial charge on any atom is 0.191 e. The van der Waals surface area contributed by atoms with E-state index in [1.54, 1.807) is 6.21 Å². The molecule has 1 unspecified atom stereocenters. The predicted octanol–water partition coefficient (Wildman–Crippen LogP) is 4.02. The zero-order valence-electron chi connectivity index (χ0n) is 11.7. The smallest absolute Gasteiger partial charge is 0.191 e. The van der Waals surface area contributed by atoms with E-state index in [-0.39, 0.29) is 5.04 Å². The normalized spacial score (nSPS) is 23.9. The van der Waals surface area contributed by atoms with Gasteiger partial charge in [-0.15, -0.1) is 0 Å². The summed E-state index contributed by atoms with van der Waals surface area (Å²) in [4.78, 5) is 4.26. The maximum atomic E-state index is 9.25. The zero-order chi connectivity index (χ0) is 14.0. The van der Waals surface area contributed by atoms with Gasteiger partial charge in [-0.25, -0.2) is 0 Å². The topological polar surface area (TPSA) is 45.4 Å². The Morgan fingerprint density at radius 1 is 1.50 bits per heavy atom. The number of hydrogen-bond donors (Lipinski definition) is 0. The first-order valence-electron chi connectivity index (χ1n) is 6.11. The molecule has 0 aromatic heterocycles. The van der Waals surface area contributed by atoms with Crippen LogP contribution in [0.4, 0.5) is 0 Å². The minimum atomic E-state index is -1.73. The number of allylic oxidation sites excluding steroid dienone is 1. The highest BCUT2D eigenvalue weighted by Gasteiger charge is 2.38. The van der Waals surface area contributed by atoms with Crippen LogP contribution in [0.3, 0.4) is 0 Å². The van der Waals surface area contributed by atoms with Crippen molar-refractivity contribution >= 4 is 30.5 Å². The molecule has 0 saturated carbocycles. The van der Waals surface area contributed by atoms with Crippen LogP contribution in [0.2, 0.25) is 18.1 Å². The van der Waals surface area contributed by atoms with E-state index in [0.717, 1.165) is 4.48 Å². The van der Waals surface area contributed by atoms with E-state index in [9.17, 15) is 5.26 Å². The highest BCUT2D eigenvalue weighted by atomic mass is 79.9. The van der Waals surface area contributed by atoms with Gasteiger partial charge in [0, 0.05) is 23.7 Å². The van der Waals surface area contributed by atoms with Gasteiger partial charge in [-0.1, -0.05) is 20.8 Å². The molecule has 0 N–H and O–H groups in total. The lowest BCUT2D eigenvalue weighted by atomic mass is 10.00. The molecule has 0 aromatic carbocycles. The summed E-state index contributed by atoms with van der Waals surface area (Å²) < 4.78 is 6.96. The number of rotatable bonds is 4. The SMILES string of the molecule is CC(C)(C)[Si](C)(C)OCCC1(C#N)C=C(Br)C=N1. The first-order valence-corrected chi connectivity index (χ1v) is 9.81. The van der Waals surface area contributed by atoms with Gasteiger partial charge in [-0.2, -0.15) is 5.26 Å². The molecule has 0 radical (unpaired) electrons. The molecular weight excluding hydrogens is 308 g/mol. The molecule has 1 aliphatic heterocycles. The van der Waals surface area contributed by atoms with Crippen molar-refractivity contribution in [3.05, 3.63) is 10.6 Å². The Hall–Kier alpha value is -0.443. The molecule has 1 heterocycles. The Morgan fingerprint density at radius 2 is 2.11 bits per heavy atom. The summed E-state index contributed by atoms with van der Waals surface area (Å²) in [5.74, 6) is 0. The van der Waals surface area contributed by atoms with Crippen LogP contribution in [0.15, 0.2) is 15.6 Å². The summed E-state index contributed by atoms with van der Waals surface area (Å²) in [5, 5.41) is 9.45. The van der Waals surface area contributed by atoms with Gasteiger partial charge in [0.25, 0.3) is 0 Å². The predicted molar refractivity (Wildman–Crippen MR) is 81.6 cm³/mol. The largest absolute Gasteiger partial charge is 0.417 e. The van der Waals surface area contributed by atoms with Crippen LogP contribution < -0.4 is 0 Å². The third-order valence-electron chi connectivity index (χ3n) is 3.74. The second kappa shape index (κ2) is 5.28. The van der Waals surface area contributed by atoms with Crippen LogP contribution in [0.25, 0.3) is 0 Å². The molecule has 0 spiro atoms. The minimum Gasteiger partial charge on any atom is -0.417 e. The maximum absolute atomic E-state index is 9.25. The molecule has 0 bridgehead atoms. The third-order valence-corrected chi connectivity index (χ3v) is 8.71. The molecule has 3 nitrogen and oxygen atoms in total. The molecule has 0 aromatic rings. The lowest BCUT2D eigenvalue weighted by Gasteiger charge is -2.36. The van der Waals surface area contributed by atoms with Crippen LogP contribution in [-0.4, -0.2) is 26.7 Å². The first kappa shape index (κ1) is 15.6. The van der Waals surface area contributed by atoms with Crippen LogP contribution >= 0.6 is 15.9 Å². The monoisotopic (exact) mass is 328 g/mol. The first-order chi connectivity index (χ1) is 8.12. The van der Waals surface area contributed by atoms with E-state index in [0.29, 0.717) is 13.0 Å². The molecule has 5 heteroatoms. The van der Waals surface area contributed by atoms with Crippen molar-refractivity contribution in [2.24, 2.45) is 4.99 Å². The van der Waals surface area contributed by atoms with Crippen molar-refractivity contribution in [3.8, 4) is 6.07 Å². The Balaban J connectivity index is 2.58. The second-order valence-electron chi connectivity index (χ2n) is 6.18. The molecular formula is C13H21BrN2OSi. The summed E-state index contributed by atoms with van der Waals surface area (Å²) in [5.41, 5.74) is -0.735. The van der Waals surface area contributed by atoms with Crippen LogP contribution in [0, 0.1) is 11.3 Å². The lowest BCUT2D eigenvalue weighted by molar-refractivity contribution is 0.269. The number of nitrogens with zero attached hydrogens (tertiary/aromatic N) is 2. The van der Waals surface area contributed by atoms with Crippen molar-refractivity contribution in [2.75, 3.05) is 6.61 Å². The Labute approximate surface area is 119 Å². The lowest BCUT2D eigenvalue weighted by Crippen LogP contribution is -2.41. The Bertz CT molecular complexity index is 418. The van der Waals surface area contributed by atoms with Gasteiger partial charge in [-0.3, -0.25) is 4.99 Å². The fraction of sp³-hybridized carbons (Fsp3) is 0.692. The number of aliphatic imine (C=N–C) groups is 1. The summed E-state index contributed by atoms with van der Waals surface area (Å²) in [7, 11) is -1.73. The van der Waals surface area contributed by atoms with Gasteiger partial charge < -0.3 is 4.43 Å². The van der Waals surface area contributed by atoms with Crippen LogP contribution in [0.1, 0.15) is 27.2 Å². The van der Waals surface area contributed by atoms with Crippen molar-refractivity contribution in [3.63, 3.8) is 0 Å². The Kier molecular flexibility index (Phi) is 4.58. The van der Waals surface area contributed by atoms with Crippen molar-refractivity contribution in [1.29, 1.82) is 5.26 Å². The van der Waals surface area contributed by atoms with Gasteiger partial charge in [-0.05, 0) is 40.1 Å². The average molecular weight is 329 g/mol. The van der Waals surface area contributed by atoms with E-state index in [4.69, 9.17) is 4.43 Å². The third kappa shape index (κ3) is 3.53. The number of nitriles is 1. The molecule has 0 aliphatic carbocycles.